The van der Waals surface area contributed by atoms with Crippen LogP contribution in [0.3, 0.4) is 0 Å². The van der Waals surface area contributed by atoms with Gasteiger partial charge in [0.2, 0.25) is 0 Å². The van der Waals surface area contributed by atoms with Gasteiger partial charge in [0.15, 0.2) is 11.0 Å². The van der Waals surface area contributed by atoms with E-state index in [9.17, 15) is 4.79 Å². The number of thioether (sulfide) groups is 1. The Morgan fingerprint density at radius 3 is 2.32 bits per heavy atom. The molecule has 10 heteroatoms. The molecule has 1 amide bonds. The van der Waals surface area contributed by atoms with E-state index in [4.69, 9.17) is 14.2 Å². The molecule has 0 aliphatic carbocycles. The number of hydrazone groups is 1. The molecule has 1 heterocycles. The smallest absolute Gasteiger partial charge is 0.250 e. The van der Waals surface area contributed by atoms with Crippen molar-refractivity contribution in [1.82, 2.24) is 20.2 Å². The third-order valence-electron chi connectivity index (χ3n) is 5.44. The molecule has 0 fully saturated rings. The van der Waals surface area contributed by atoms with Crippen molar-refractivity contribution in [3.63, 3.8) is 0 Å². The molecule has 9 nitrogen and oxygen atoms in total. The third-order valence-corrected chi connectivity index (χ3v) is 6.36. The van der Waals surface area contributed by atoms with Crippen molar-refractivity contribution < 1.29 is 19.0 Å². The lowest BCUT2D eigenvalue weighted by Gasteiger charge is -2.11. The number of nitrogens with zero attached hydrogens (tertiary/aromatic N) is 4. The van der Waals surface area contributed by atoms with Gasteiger partial charge in [-0.3, -0.25) is 9.36 Å². The fourth-order valence-corrected chi connectivity index (χ4v) is 4.24. The quantitative estimate of drug-likeness (QED) is 0.188. The Hall–Kier alpha value is -4.31. The molecule has 0 aliphatic rings. The summed E-state index contributed by atoms with van der Waals surface area (Å²) in [4.78, 5) is 12.6. The van der Waals surface area contributed by atoms with E-state index in [2.05, 4.69) is 20.7 Å². The number of aryl methyl sites for hydroxylation is 1. The lowest BCUT2D eigenvalue weighted by molar-refractivity contribution is -0.118. The molecule has 37 heavy (non-hydrogen) atoms. The second-order valence-corrected chi connectivity index (χ2v) is 8.84. The van der Waals surface area contributed by atoms with Gasteiger partial charge < -0.3 is 14.2 Å². The van der Waals surface area contributed by atoms with Crippen LogP contribution < -0.4 is 19.6 Å². The summed E-state index contributed by atoms with van der Waals surface area (Å²) < 4.78 is 17.8. The van der Waals surface area contributed by atoms with E-state index >= 15 is 0 Å². The number of nitrogens with one attached hydrogen (secondary N) is 1. The van der Waals surface area contributed by atoms with Gasteiger partial charge in [0, 0.05) is 16.8 Å². The minimum absolute atomic E-state index is 0.0964. The van der Waals surface area contributed by atoms with Crippen LogP contribution in [0.1, 0.15) is 11.1 Å². The van der Waals surface area contributed by atoms with Gasteiger partial charge in [-0.15, -0.1) is 10.2 Å². The molecule has 0 saturated heterocycles. The second-order valence-electron chi connectivity index (χ2n) is 7.90. The number of carbonyl (C=O) groups excluding carboxylic acids is 1. The van der Waals surface area contributed by atoms with Gasteiger partial charge in [-0.2, -0.15) is 5.10 Å². The highest BCUT2D eigenvalue weighted by atomic mass is 32.2. The molecular formula is C27H27N5O4S. The van der Waals surface area contributed by atoms with Crippen LogP contribution in [0.4, 0.5) is 0 Å². The maximum atomic E-state index is 12.6. The Morgan fingerprint density at radius 2 is 1.65 bits per heavy atom. The van der Waals surface area contributed by atoms with Crippen molar-refractivity contribution in [3.8, 4) is 34.3 Å². The summed E-state index contributed by atoms with van der Waals surface area (Å²) in [6.45, 7) is 2.03. The molecule has 0 atom stereocenters. The summed E-state index contributed by atoms with van der Waals surface area (Å²) in [6.07, 6.45) is 1.51. The Balaban J connectivity index is 1.51. The average molecular weight is 518 g/mol. The van der Waals surface area contributed by atoms with Gasteiger partial charge in [0.05, 0.1) is 33.3 Å². The summed E-state index contributed by atoms with van der Waals surface area (Å²) >= 11 is 1.27. The maximum Gasteiger partial charge on any atom is 0.250 e. The minimum Gasteiger partial charge on any atom is -0.497 e. The largest absolute Gasteiger partial charge is 0.497 e. The van der Waals surface area contributed by atoms with Crippen molar-refractivity contribution in [1.29, 1.82) is 0 Å². The van der Waals surface area contributed by atoms with Crippen LogP contribution in [0.5, 0.6) is 17.2 Å². The van der Waals surface area contributed by atoms with Crippen LogP contribution in [0.25, 0.3) is 17.1 Å². The highest BCUT2D eigenvalue weighted by molar-refractivity contribution is 7.99. The zero-order valence-corrected chi connectivity index (χ0v) is 21.8. The van der Waals surface area contributed by atoms with E-state index in [1.54, 1.807) is 39.5 Å². The molecule has 4 aromatic rings. The molecule has 3 aromatic carbocycles. The first-order valence-corrected chi connectivity index (χ1v) is 12.3. The van der Waals surface area contributed by atoms with E-state index < -0.39 is 0 Å². The number of rotatable bonds is 10. The molecule has 1 aromatic heterocycles. The van der Waals surface area contributed by atoms with E-state index in [0.717, 1.165) is 22.6 Å². The molecule has 0 unspecified atom stereocenters. The number of amides is 1. The highest BCUT2D eigenvalue weighted by Crippen LogP contribution is 2.29. The fourth-order valence-electron chi connectivity index (χ4n) is 3.49. The minimum atomic E-state index is -0.285. The van der Waals surface area contributed by atoms with Gasteiger partial charge in [-0.25, -0.2) is 5.43 Å². The zero-order valence-electron chi connectivity index (χ0n) is 21.0. The van der Waals surface area contributed by atoms with Gasteiger partial charge in [-0.05, 0) is 61.5 Å². The standard InChI is InChI=1S/C27H27N5O4S/c1-18-5-9-21(10-6-18)32-26(19-7-11-22(34-2)12-8-19)30-31-27(32)37-17-25(33)29-28-16-20-15-23(35-3)13-14-24(20)36-4/h5-16H,17H2,1-4H3,(H,29,33)/b28-16-. The molecule has 0 aliphatic heterocycles. The maximum absolute atomic E-state index is 12.6. The van der Waals surface area contributed by atoms with Crippen LogP contribution in [0.15, 0.2) is 77.0 Å². The molecule has 1 N–H and O–H groups in total. The van der Waals surface area contributed by atoms with Crippen molar-refractivity contribution >= 4 is 23.9 Å². The molecule has 0 bridgehead atoms. The van der Waals surface area contributed by atoms with Crippen LogP contribution in [0, 0.1) is 6.92 Å². The third kappa shape index (κ3) is 6.28. The lowest BCUT2D eigenvalue weighted by Crippen LogP contribution is -2.20. The zero-order chi connectivity index (χ0) is 26.2. The van der Waals surface area contributed by atoms with Crippen LogP contribution in [-0.2, 0) is 4.79 Å². The highest BCUT2D eigenvalue weighted by Gasteiger charge is 2.17. The molecule has 0 spiro atoms. The summed E-state index contributed by atoms with van der Waals surface area (Å²) in [5.74, 6) is 2.51. The number of carbonyl (C=O) groups is 1. The number of hydrogen-bond donors (Lipinski definition) is 1. The summed E-state index contributed by atoms with van der Waals surface area (Å²) in [6, 6.07) is 21.0. The van der Waals surface area contributed by atoms with Crippen molar-refractivity contribution in [3.05, 3.63) is 77.9 Å². The first-order valence-electron chi connectivity index (χ1n) is 11.4. The Kier molecular flexibility index (Phi) is 8.42. The van der Waals surface area contributed by atoms with Gasteiger partial charge in [0.1, 0.15) is 17.2 Å². The predicted octanol–water partition coefficient (Wildman–Crippen LogP) is 4.51. The normalized spacial score (nSPS) is 10.9. The Morgan fingerprint density at radius 1 is 0.946 bits per heavy atom. The van der Waals surface area contributed by atoms with E-state index in [1.165, 1.54) is 18.0 Å². The first-order chi connectivity index (χ1) is 18.0. The van der Waals surface area contributed by atoms with Gasteiger partial charge in [-0.1, -0.05) is 29.5 Å². The molecule has 4 rings (SSSR count). The molecule has 0 radical (unpaired) electrons. The van der Waals surface area contributed by atoms with Gasteiger partial charge in [0.25, 0.3) is 5.91 Å². The van der Waals surface area contributed by atoms with Crippen LogP contribution >= 0.6 is 11.8 Å². The Labute approximate surface area is 219 Å². The van der Waals surface area contributed by atoms with Gasteiger partial charge >= 0.3 is 0 Å². The molecule has 190 valence electrons. The number of hydrogen-bond acceptors (Lipinski definition) is 8. The lowest BCUT2D eigenvalue weighted by atomic mass is 10.2. The number of ether oxygens (including phenoxy) is 3. The number of methoxy groups -OCH3 is 3. The van der Waals surface area contributed by atoms with Crippen molar-refractivity contribution in [2.75, 3.05) is 27.1 Å². The summed E-state index contributed by atoms with van der Waals surface area (Å²) in [5.41, 5.74) is 6.14. The van der Waals surface area contributed by atoms with Crippen LogP contribution in [-0.4, -0.2) is 54.0 Å². The monoisotopic (exact) mass is 517 g/mol. The van der Waals surface area contributed by atoms with E-state index in [0.29, 0.717) is 28.0 Å². The number of benzene rings is 3. The fraction of sp³-hybridized carbons (Fsp3) is 0.185. The van der Waals surface area contributed by atoms with E-state index in [1.807, 2.05) is 60.0 Å². The summed E-state index contributed by atoms with van der Waals surface area (Å²) in [7, 11) is 4.77. The second kappa shape index (κ2) is 12.1. The molecular weight excluding hydrogens is 490 g/mol. The topological polar surface area (TPSA) is 99.9 Å². The molecule has 0 saturated carbocycles. The number of aromatic nitrogens is 3. The van der Waals surface area contributed by atoms with Crippen molar-refractivity contribution in [2.45, 2.75) is 12.1 Å². The average Bonchev–Trinajstić information content (AvgIpc) is 3.36. The SMILES string of the molecule is COc1ccc(-c2nnc(SCC(=O)N/N=C\c3cc(OC)ccc3OC)n2-c2ccc(C)cc2)cc1. The van der Waals surface area contributed by atoms with Crippen molar-refractivity contribution in [2.24, 2.45) is 5.10 Å². The predicted molar refractivity (Wildman–Crippen MR) is 144 cm³/mol. The summed E-state index contributed by atoms with van der Waals surface area (Å²) in [5, 5.41) is 13.4. The first kappa shape index (κ1) is 25.8. The Bertz CT molecular complexity index is 1390. The van der Waals surface area contributed by atoms with E-state index in [-0.39, 0.29) is 11.7 Å². The van der Waals surface area contributed by atoms with Crippen LogP contribution in [0.2, 0.25) is 0 Å².